The van der Waals surface area contributed by atoms with Crippen LogP contribution in [-0.2, 0) is 27.9 Å². The quantitative estimate of drug-likeness (QED) is 0.0236. The van der Waals surface area contributed by atoms with Gasteiger partial charge in [0.25, 0.3) is 0 Å². The molecule has 3 N–H and O–H groups in total. The van der Waals surface area contributed by atoms with Crippen LogP contribution in [0.25, 0.3) is 0 Å². The number of phosphoric ester groups is 1. The second-order valence-electron chi connectivity index (χ2n) is 19.7. The van der Waals surface area contributed by atoms with Crippen molar-refractivity contribution in [1.29, 1.82) is 0 Å². The van der Waals surface area contributed by atoms with E-state index in [-0.39, 0.29) is 25.6 Å². The van der Waals surface area contributed by atoms with Crippen molar-refractivity contribution in [2.24, 2.45) is 0 Å². The molecule has 0 spiro atoms. The number of aliphatic hydroxyl groups excluding tert-OH is 2. The van der Waals surface area contributed by atoms with E-state index < -0.39 is 33.2 Å². The van der Waals surface area contributed by atoms with Gasteiger partial charge in [0, 0.05) is 13.0 Å². The molecule has 394 valence electrons. The number of ether oxygens (including phenoxy) is 2. The summed E-state index contributed by atoms with van der Waals surface area (Å²) in [6.07, 6.45) is 59.1. The fraction of sp³-hybridized carbons (Fsp3) is 0.946. The highest BCUT2D eigenvalue weighted by Gasteiger charge is 2.26. The summed E-state index contributed by atoms with van der Waals surface area (Å²) < 4.78 is 33.6. The molecule has 66 heavy (non-hydrogen) atoms. The number of aliphatic hydroxyl groups is 2. The molecule has 0 saturated carbocycles. The largest absolute Gasteiger partial charge is 0.472 e. The smallest absolute Gasteiger partial charge is 0.457 e. The Morgan fingerprint density at radius 2 is 0.773 bits per heavy atom. The number of phosphoric acid groups is 1. The second kappa shape index (κ2) is 53.5. The molecule has 0 fully saturated rings. The average Bonchev–Trinajstić information content (AvgIpc) is 3.31. The number of hydrogen-bond acceptors (Lipinski definition) is 8. The molecule has 0 amide bonds. The van der Waals surface area contributed by atoms with E-state index in [1.54, 1.807) is 0 Å². The summed E-state index contributed by atoms with van der Waals surface area (Å²) in [7, 11) is -4.52. The van der Waals surface area contributed by atoms with Crippen LogP contribution in [0.5, 0.6) is 0 Å². The highest BCUT2D eigenvalue weighted by atomic mass is 31.2. The van der Waals surface area contributed by atoms with Gasteiger partial charge in [-0.3, -0.25) is 13.8 Å². The molecule has 0 aliphatic carbocycles. The number of carbonyl (C=O) groups excluding carboxylic acids is 1. The minimum absolute atomic E-state index is 0.0555. The van der Waals surface area contributed by atoms with Crippen molar-refractivity contribution in [2.45, 2.75) is 309 Å². The van der Waals surface area contributed by atoms with Crippen molar-refractivity contribution in [3.8, 4) is 0 Å². The Hall–Kier alpha value is -0.800. The number of hydrogen-bond donors (Lipinski definition) is 3. The molecule has 0 aliphatic heterocycles. The maximum absolute atomic E-state index is 12.7. The third-order valence-electron chi connectivity index (χ3n) is 13.0. The molecule has 0 aromatic carbocycles. The van der Waals surface area contributed by atoms with E-state index in [0.29, 0.717) is 6.61 Å². The first kappa shape index (κ1) is 65.2. The van der Waals surface area contributed by atoms with Gasteiger partial charge in [0.15, 0.2) is 0 Å². The first-order valence-corrected chi connectivity index (χ1v) is 30.2. The molecule has 9 nitrogen and oxygen atoms in total. The lowest BCUT2D eigenvalue weighted by atomic mass is 10.0. The zero-order valence-corrected chi connectivity index (χ0v) is 44.6. The molecular formula is C56H111O9P. The minimum Gasteiger partial charge on any atom is -0.457 e. The fourth-order valence-electron chi connectivity index (χ4n) is 8.59. The number of esters is 1. The van der Waals surface area contributed by atoms with Crippen molar-refractivity contribution >= 4 is 13.8 Å². The maximum Gasteiger partial charge on any atom is 0.472 e. The van der Waals surface area contributed by atoms with Crippen LogP contribution in [0.3, 0.4) is 0 Å². The second-order valence-corrected chi connectivity index (χ2v) is 21.1. The van der Waals surface area contributed by atoms with E-state index in [4.69, 9.17) is 23.6 Å². The van der Waals surface area contributed by atoms with Gasteiger partial charge >= 0.3 is 13.8 Å². The van der Waals surface area contributed by atoms with E-state index in [1.807, 2.05) is 0 Å². The molecule has 3 atom stereocenters. The molecule has 0 aromatic heterocycles. The molecule has 0 aliphatic rings. The monoisotopic (exact) mass is 959 g/mol. The van der Waals surface area contributed by atoms with Crippen LogP contribution in [0.1, 0.15) is 296 Å². The van der Waals surface area contributed by atoms with Crippen LogP contribution in [0.2, 0.25) is 0 Å². The third-order valence-corrected chi connectivity index (χ3v) is 13.9. The van der Waals surface area contributed by atoms with Gasteiger partial charge < -0.3 is 24.6 Å². The highest BCUT2D eigenvalue weighted by molar-refractivity contribution is 7.47. The van der Waals surface area contributed by atoms with Crippen LogP contribution < -0.4 is 0 Å². The topological polar surface area (TPSA) is 132 Å². The minimum atomic E-state index is -4.52. The first-order valence-electron chi connectivity index (χ1n) is 28.7. The summed E-state index contributed by atoms with van der Waals surface area (Å²) in [5.41, 5.74) is 0. The summed E-state index contributed by atoms with van der Waals surface area (Å²) >= 11 is 0. The van der Waals surface area contributed by atoms with E-state index >= 15 is 0 Å². The zero-order chi connectivity index (χ0) is 48.1. The van der Waals surface area contributed by atoms with Crippen LogP contribution >= 0.6 is 7.82 Å². The number of allylic oxidation sites excluding steroid dienone is 2. The summed E-state index contributed by atoms with van der Waals surface area (Å²) in [6, 6.07) is 0. The lowest BCUT2D eigenvalue weighted by Crippen LogP contribution is -2.29. The first-order chi connectivity index (χ1) is 32.3. The van der Waals surface area contributed by atoms with Gasteiger partial charge in [-0.25, -0.2) is 4.57 Å². The fourth-order valence-corrected chi connectivity index (χ4v) is 9.38. The van der Waals surface area contributed by atoms with Crippen molar-refractivity contribution < 1.29 is 43.0 Å². The van der Waals surface area contributed by atoms with E-state index in [2.05, 4.69) is 26.0 Å². The van der Waals surface area contributed by atoms with Crippen molar-refractivity contribution in [3.05, 3.63) is 12.2 Å². The lowest BCUT2D eigenvalue weighted by molar-refractivity contribution is -0.154. The van der Waals surface area contributed by atoms with Crippen molar-refractivity contribution in [3.63, 3.8) is 0 Å². The Morgan fingerprint density at radius 3 is 1.14 bits per heavy atom. The van der Waals surface area contributed by atoms with E-state index in [0.717, 1.165) is 32.1 Å². The summed E-state index contributed by atoms with van der Waals surface area (Å²) in [5.74, 6) is -0.377. The van der Waals surface area contributed by atoms with E-state index in [1.165, 1.54) is 244 Å². The van der Waals surface area contributed by atoms with Gasteiger partial charge in [0.2, 0.25) is 0 Å². The third kappa shape index (κ3) is 52.6. The van der Waals surface area contributed by atoms with Gasteiger partial charge in [0.1, 0.15) is 12.2 Å². The zero-order valence-electron chi connectivity index (χ0n) is 43.7. The normalized spacial score (nSPS) is 13.7. The molecule has 0 heterocycles. The number of rotatable bonds is 56. The maximum atomic E-state index is 12.7. The van der Waals surface area contributed by atoms with Gasteiger partial charge in [0.05, 0.1) is 26.4 Å². The standard InChI is InChI=1S/C56H111O9P/c1-3-5-7-9-11-13-15-17-19-21-23-25-26-27-29-31-33-35-37-39-41-43-45-47-49-62-52-55(53-64-66(60,61)63-51-54(58)50-57)65-56(59)48-46-44-42-40-38-36-34-32-30-28-24-22-20-18-16-14-12-10-8-6-4-2/h22,24,54-55,57-58H,3-21,23,25-53H2,1-2H3,(H,60,61)/b24-22-. The molecule has 0 bridgehead atoms. The summed E-state index contributed by atoms with van der Waals surface area (Å²) in [4.78, 5) is 22.8. The molecule has 10 heteroatoms. The highest BCUT2D eigenvalue weighted by Crippen LogP contribution is 2.43. The van der Waals surface area contributed by atoms with Gasteiger partial charge in [-0.05, 0) is 38.5 Å². The lowest BCUT2D eigenvalue weighted by Gasteiger charge is -2.20. The summed E-state index contributed by atoms with van der Waals surface area (Å²) in [6.45, 7) is 3.60. The molecule has 0 rings (SSSR count). The number of unbranched alkanes of at least 4 members (excludes halogenated alkanes) is 40. The van der Waals surface area contributed by atoms with Crippen molar-refractivity contribution in [2.75, 3.05) is 33.0 Å². The van der Waals surface area contributed by atoms with Crippen LogP contribution in [0.4, 0.5) is 0 Å². The molecule has 3 unspecified atom stereocenters. The molecular weight excluding hydrogens is 848 g/mol. The van der Waals surface area contributed by atoms with E-state index in [9.17, 15) is 19.4 Å². The van der Waals surface area contributed by atoms with Crippen LogP contribution in [0, 0.1) is 0 Å². The Bertz CT molecular complexity index is 1040. The van der Waals surface area contributed by atoms with Crippen LogP contribution in [0.15, 0.2) is 12.2 Å². The Labute approximate surface area is 409 Å². The predicted octanol–water partition coefficient (Wildman–Crippen LogP) is 17.2. The molecule has 0 aromatic rings. The van der Waals surface area contributed by atoms with Crippen molar-refractivity contribution in [1.82, 2.24) is 0 Å². The Morgan fingerprint density at radius 1 is 0.455 bits per heavy atom. The van der Waals surface area contributed by atoms with Crippen LogP contribution in [-0.4, -0.2) is 66.3 Å². The average molecular weight is 959 g/mol. The molecule has 0 saturated heterocycles. The van der Waals surface area contributed by atoms with Gasteiger partial charge in [-0.2, -0.15) is 0 Å². The summed E-state index contributed by atoms with van der Waals surface area (Å²) in [5, 5.41) is 18.5. The molecule has 0 radical (unpaired) electrons. The predicted molar refractivity (Wildman–Crippen MR) is 279 cm³/mol. The SMILES string of the molecule is CCCCCCCCCC/C=C\CCCCCCCCCCCC(=O)OC(COCCCCCCCCCCCCCCCCCCCCCCCCCC)COP(=O)(O)OCC(O)CO. The Balaban J connectivity index is 3.96. The Kier molecular flexibility index (Phi) is 52.9. The number of carbonyl (C=O) groups is 1. The van der Waals surface area contributed by atoms with Gasteiger partial charge in [-0.1, -0.05) is 264 Å². The van der Waals surface area contributed by atoms with Gasteiger partial charge in [-0.15, -0.1) is 0 Å².